The Morgan fingerprint density at radius 2 is 1.93 bits per heavy atom. The van der Waals surface area contributed by atoms with Gasteiger partial charge in [0.05, 0.1) is 5.92 Å². The normalized spacial score (nSPS) is 19.8. The molecule has 0 bridgehead atoms. The van der Waals surface area contributed by atoms with Gasteiger partial charge in [-0.15, -0.1) is 10.2 Å². The minimum absolute atomic E-state index is 0.0621. The third-order valence-electron chi connectivity index (χ3n) is 5.65. The number of hydrogen-bond donors (Lipinski definition) is 1. The first-order valence-electron chi connectivity index (χ1n) is 10.5. The van der Waals surface area contributed by atoms with Gasteiger partial charge in [-0.2, -0.15) is 0 Å². The van der Waals surface area contributed by atoms with Crippen molar-refractivity contribution in [3.8, 4) is 0 Å². The Bertz CT molecular complexity index is 888. The summed E-state index contributed by atoms with van der Waals surface area (Å²) in [5.74, 6) is 0.151. The maximum Gasteiger partial charge on any atom is 0.228 e. The minimum atomic E-state index is -0.0621. The molecule has 2 aromatic rings. The van der Waals surface area contributed by atoms with E-state index in [0.717, 1.165) is 54.4 Å². The number of rotatable bonds is 6. The van der Waals surface area contributed by atoms with Crippen molar-refractivity contribution in [2.24, 2.45) is 5.92 Å². The molecule has 1 N–H and O–H groups in total. The van der Waals surface area contributed by atoms with E-state index in [2.05, 4.69) is 20.4 Å². The summed E-state index contributed by atoms with van der Waals surface area (Å²) in [6, 6.07) is 7.70. The monoisotopic (exact) mass is 447 g/mol. The molecule has 2 fully saturated rings. The Labute approximate surface area is 185 Å². The molecule has 160 valence electrons. The zero-order chi connectivity index (χ0) is 20.9. The lowest BCUT2D eigenvalue weighted by atomic mass is 9.97. The van der Waals surface area contributed by atoms with Gasteiger partial charge in [0.1, 0.15) is 0 Å². The summed E-state index contributed by atoms with van der Waals surface area (Å²) in [7, 11) is 0. The highest BCUT2D eigenvalue weighted by molar-refractivity contribution is 7.19. The number of hydrogen-bond acceptors (Lipinski definition) is 6. The van der Waals surface area contributed by atoms with E-state index in [9.17, 15) is 9.59 Å². The Balaban J connectivity index is 1.30. The highest BCUT2D eigenvalue weighted by Crippen LogP contribution is 2.32. The highest BCUT2D eigenvalue weighted by atomic mass is 35.5. The number of benzene rings is 1. The second-order valence-electron chi connectivity index (χ2n) is 7.82. The summed E-state index contributed by atoms with van der Waals surface area (Å²) in [5.41, 5.74) is 1.15. The van der Waals surface area contributed by atoms with Crippen LogP contribution in [0.15, 0.2) is 24.3 Å². The molecule has 1 atom stereocenters. The fourth-order valence-electron chi connectivity index (χ4n) is 3.94. The van der Waals surface area contributed by atoms with Crippen LogP contribution in [0.3, 0.4) is 0 Å². The second-order valence-corrected chi connectivity index (χ2v) is 9.19. The summed E-state index contributed by atoms with van der Waals surface area (Å²) in [6.07, 6.45) is 5.12. The molecule has 0 radical (unpaired) electrons. The molecule has 4 rings (SSSR count). The third-order valence-corrected chi connectivity index (χ3v) is 6.91. The second kappa shape index (κ2) is 9.75. The third kappa shape index (κ3) is 5.10. The number of amides is 2. The number of nitrogens with one attached hydrogen (secondary N) is 1. The SMILES string of the molecule is O=C(NCCc1ccc(Cl)cc1)[C@H]1CCCN(c2nnc(N3CCCCC3=O)s2)C1. The quantitative estimate of drug-likeness (QED) is 0.735. The van der Waals surface area contributed by atoms with Crippen LogP contribution < -0.4 is 15.1 Å². The van der Waals surface area contributed by atoms with E-state index in [-0.39, 0.29) is 17.7 Å². The van der Waals surface area contributed by atoms with Crippen molar-refractivity contribution in [2.75, 3.05) is 36.0 Å². The fraction of sp³-hybridized carbons (Fsp3) is 0.524. The predicted molar refractivity (Wildman–Crippen MR) is 119 cm³/mol. The van der Waals surface area contributed by atoms with Crippen LogP contribution in [0.1, 0.15) is 37.7 Å². The molecule has 7 nitrogen and oxygen atoms in total. The van der Waals surface area contributed by atoms with Crippen molar-refractivity contribution in [2.45, 2.75) is 38.5 Å². The first-order valence-corrected chi connectivity index (χ1v) is 11.7. The van der Waals surface area contributed by atoms with Crippen LogP contribution in [0.5, 0.6) is 0 Å². The molecule has 0 aliphatic carbocycles. The van der Waals surface area contributed by atoms with E-state index < -0.39 is 0 Å². The number of nitrogens with zero attached hydrogens (tertiary/aromatic N) is 4. The minimum Gasteiger partial charge on any atom is -0.355 e. The van der Waals surface area contributed by atoms with Gasteiger partial charge in [-0.05, 0) is 49.8 Å². The summed E-state index contributed by atoms with van der Waals surface area (Å²) in [4.78, 5) is 28.7. The topological polar surface area (TPSA) is 78.4 Å². The zero-order valence-corrected chi connectivity index (χ0v) is 18.4. The number of aromatic nitrogens is 2. The molecule has 0 unspecified atom stereocenters. The van der Waals surface area contributed by atoms with Gasteiger partial charge in [0, 0.05) is 37.6 Å². The van der Waals surface area contributed by atoms with Gasteiger partial charge in [0.25, 0.3) is 0 Å². The maximum absolute atomic E-state index is 12.7. The van der Waals surface area contributed by atoms with Crippen LogP contribution in [-0.4, -0.2) is 48.2 Å². The van der Waals surface area contributed by atoms with E-state index in [0.29, 0.717) is 31.2 Å². The number of piperidine rings is 2. The lowest BCUT2D eigenvalue weighted by molar-refractivity contribution is -0.125. The number of anilines is 2. The van der Waals surface area contributed by atoms with Crippen molar-refractivity contribution < 1.29 is 9.59 Å². The molecule has 2 aliphatic heterocycles. The first kappa shape index (κ1) is 21.1. The Hall–Kier alpha value is -2.19. The largest absolute Gasteiger partial charge is 0.355 e. The number of carbonyl (C=O) groups excluding carboxylic acids is 2. The molecule has 1 aromatic heterocycles. The molecule has 2 amide bonds. The standard InChI is InChI=1S/C21H26ClN5O2S/c22-17-8-6-15(7-9-17)10-11-23-19(29)16-4-3-12-26(14-16)20-24-25-21(30-20)27-13-2-1-5-18(27)28/h6-9,16H,1-5,10-14H2,(H,23,29)/t16-/m0/s1. The molecule has 2 aliphatic rings. The first-order chi connectivity index (χ1) is 14.6. The van der Waals surface area contributed by atoms with Gasteiger partial charge in [0.2, 0.25) is 22.1 Å². The molecular formula is C21H26ClN5O2S. The molecule has 0 spiro atoms. The lowest BCUT2D eigenvalue weighted by Crippen LogP contribution is -2.43. The summed E-state index contributed by atoms with van der Waals surface area (Å²) in [6.45, 7) is 2.82. The summed E-state index contributed by atoms with van der Waals surface area (Å²) < 4.78 is 0. The molecule has 30 heavy (non-hydrogen) atoms. The van der Waals surface area contributed by atoms with Crippen molar-refractivity contribution in [3.63, 3.8) is 0 Å². The van der Waals surface area contributed by atoms with Crippen molar-refractivity contribution >= 4 is 45.0 Å². The predicted octanol–water partition coefficient (Wildman–Crippen LogP) is 3.28. The molecule has 1 aromatic carbocycles. The van der Waals surface area contributed by atoms with E-state index >= 15 is 0 Å². The van der Waals surface area contributed by atoms with Gasteiger partial charge in [-0.1, -0.05) is 35.1 Å². The maximum atomic E-state index is 12.7. The van der Waals surface area contributed by atoms with E-state index in [1.807, 2.05) is 24.3 Å². The Morgan fingerprint density at radius 3 is 2.73 bits per heavy atom. The Morgan fingerprint density at radius 1 is 1.13 bits per heavy atom. The molecule has 0 saturated carbocycles. The molecular weight excluding hydrogens is 422 g/mol. The van der Waals surface area contributed by atoms with Crippen molar-refractivity contribution in [3.05, 3.63) is 34.9 Å². The summed E-state index contributed by atoms with van der Waals surface area (Å²) >= 11 is 7.36. The van der Waals surface area contributed by atoms with Gasteiger partial charge in [-0.3, -0.25) is 14.5 Å². The van der Waals surface area contributed by atoms with Crippen LogP contribution in [0, 0.1) is 5.92 Å². The number of halogens is 1. The van der Waals surface area contributed by atoms with Gasteiger partial charge < -0.3 is 10.2 Å². The van der Waals surface area contributed by atoms with Crippen molar-refractivity contribution in [1.29, 1.82) is 0 Å². The van der Waals surface area contributed by atoms with Gasteiger partial charge >= 0.3 is 0 Å². The highest BCUT2D eigenvalue weighted by Gasteiger charge is 2.29. The van der Waals surface area contributed by atoms with Gasteiger partial charge in [0.15, 0.2) is 0 Å². The Kier molecular flexibility index (Phi) is 6.84. The van der Waals surface area contributed by atoms with Crippen LogP contribution >= 0.6 is 22.9 Å². The fourth-order valence-corrected chi connectivity index (χ4v) is 4.99. The van der Waals surface area contributed by atoms with Crippen LogP contribution in [0.4, 0.5) is 10.3 Å². The van der Waals surface area contributed by atoms with Gasteiger partial charge in [-0.25, -0.2) is 0 Å². The average molecular weight is 448 g/mol. The van der Waals surface area contributed by atoms with E-state index in [1.54, 1.807) is 4.90 Å². The molecule has 9 heteroatoms. The zero-order valence-electron chi connectivity index (χ0n) is 16.8. The van der Waals surface area contributed by atoms with Crippen LogP contribution in [0.25, 0.3) is 0 Å². The smallest absolute Gasteiger partial charge is 0.228 e. The average Bonchev–Trinajstić information content (AvgIpc) is 3.25. The van der Waals surface area contributed by atoms with Crippen LogP contribution in [0.2, 0.25) is 5.02 Å². The molecule has 2 saturated heterocycles. The van der Waals surface area contributed by atoms with E-state index in [1.165, 1.54) is 11.3 Å². The van der Waals surface area contributed by atoms with E-state index in [4.69, 9.17) is 11.6 Å². The molecule has 3 heterocycles. The van der Waals surface area contributed by atoms with Crippen molar-refractivity contribution in [1.82, 2.24) is 15.5 Å². The summed E-state index contributed by atoms with van der Waals surface area (Å²) in [5, 5.41) is 13.8. The number of carbonyl (C=O) groups is 2. The lowest BCUT2D eigenvalue weighted by Gasteiger charge is -2.31. The van der Waals surface area contributed by atoms with Crippen LogP contribution in [-0.2, 0) is 16.0 Å².